The van der Waals surface area contributed by atoms with Gasteiger partial charge < -0.3 is 0 Å². The number of nitrogens with zero attached hydrogens (tertiary/aromatic N) is 3. The maximum Gasteiger partial charge on any atom is 0.257 e. The van der Waals surface area contributed by atoms with Crippen molar-refractivity contribution in [3.63, 3.8) is 0 Å². The molecule has 6 heteroatoms. The number of carbonyl (C=O) groups is 1. The van der Waals surface area contributed by atoms with Crippen LogP contribution in [0.4, 0.5) is 0 Å². The van der Waals surface area contributed by atoms with E-state index in [1.54, 1.807) is 5.01 Å². The lowest BCUT2D eigenvalue weighted by atomic mass is 9.77. The highest BCUT2D eigenvalue weighted by Crippen LogP contribution is 2.44. The molecule has 2 aromatic carbocycles. The summed E-state index contributed by atoms with van der Waals surface area (Å²) in [7, 11) is 0. The molecular formula is C26H27Cl2N3O. The van der Waals surface area contributed by atoms with Crippen molar-refractivity contribution in [2.75, 3.05) is 19.6 Å². The first-order chi connectivity index (χ1) is 15.6. The van der Waals surface area contributed by atoms with Gasteiger partial charge in [-0.1, -0.05) is 47.5 Å². The number of likely N-dealkylation sites (tertiary alicyclic amines) is 1. The molecular weight excluding hydrogens is 441 g/mol. The highest BCUT2D eigenvalue weighted by molar-refractivity contribution is 6.30. The largest absolute Gasteiger partial charge is 0.294 e. The number of amides is 1. The Labute approximate surface area is 199 Å². The number of hydrazone groups is 1. The minimum atomic E-state index is -0.0775. The number of fused-ring (bicyclic) bond motifs is 1. The maximum atomic E-state index is 13.4. The van der Waals surface area contributed by atoms with Crippen LogP contribution in [-0.4, -0.2) is 41.2 Å². The molecule has 2 heterocycles. The molecule has 0 N–H and O–H groups in total. The molecule has 2 fully saturated rings. The van der Waals surface area contributed by atoms with Crippen LogP contribution in [0.25, 0.3) is 6.08 Å². The first-order valence-electron chi connectivity index (χ1n) is 11.4. The minimum Gasteiger partial charge on any atom is -0.294 e. The number of benzene rings is 2. The van der Waals surface area contributed by atoms with Crippen molar-refractivity contribution in [2.24, 2.45) is 11.0 Å². The van der Waals surface area contributed by atoms with Gasteiger partial charge in [0.05, 0.1) is 18.3 Å². The predicted octanol–water partition coefficient (Wildman–Crippen LogP) is 6.21. The summed E-state index contributed by atoms with van der Waals surface area (Å²) in [5.41, 5.74) is 4.48. The summed E-state index contributed by atoms with van der Waals surface area (Å²) >= 11 is 12.2. The van der Waals surface area contributed by atoms with Crippen molar-refractivity contribution in [2.45, 2.75) is 38.1 Å². The number of halogens is 2. The lowest BCUT2D eigenvalue weighted by molar-refractivity contribution is -0.134. The van der Waals surface area contributed by atoms with Gasteiger partial charge in [0.1, 0.15) is 0 Å². The molecule has 0 bridgehead atoms. The zero-order valence-corrected chi connectivity index (χ0v) is 19.5. The quantitative estimate of drug-likeness (QED) is 0.535. The lowest BCUT2D eigenvalue weighted by Gasteiger charge is -2.30. The van der Waals surface area contributed by atoms with Gasteiger partial charge >= 0.3 is 0 Å². The molecule has 0 spiro atoms. The number of hydrogen-bond acceptors (Lipinski definition) is 3. The molecule has 1 aliphatic carbocycles. The SMILES string of the molecule is O=C(CN1CCCC1)N1N=C2C(=Cc3ccc(Cl)cc3)CCCC2C1c1ccc(Cl)cc1. The van der Waals surface area contributed by atoms with Gasteiger partial charge in [-0.05, 0) is 92.2 Å². The van der Waals surface area contributed by atoms with Crippen LogP contribution in [0.1, 0.15) is 49.3 Å². The molecule has 5 rings (SSSR count). The second-order valence-corrected chi connectivity index (χ2v) is 9.80. The Morgan fingerprint density at radius 2 is 1.62 bits per heavy atom. The molecule has 1 amide bonds. The second kappa shape index (κ2) is 9.38. The standard InChI is InChI=1S/C26H27Cl2N3O/c27-21-10-6-18(7-11-21)16-20-4-3-5-23-25(20)29-31(24(32)17-30-14-1-2-15-30)26(23)19-8-12-22(28)13-9-19/h6-13,16,23,26H,1-5,14-15,17H2. The van der Waals surface area contributed by atoms with Gasteiger partial charge in [0.25, 0.3) is 5.91 Å². The van der Waals surface area contributed by atoms with Crippen molar-refractivity contribution in [3.8, 4) is 0 Å². The van der Waals surface area contributed by atoms with E-state index in [0.29, 0.717) is 11.6 Å². The number of hydrogen-bond donors (Lipinski definition) is 0. The summed E-state index contributed by atoms with van der Waals surface area (Å²) in [6, 6.07) is 15.7. The van der Waals surface area contributed by atoms with Crippen LogP contribution in [0, 0.1) is 5.92 Å². The summed E-state index contributed by atoms with van der Waals surface area (Å²) in [5.74, 6) is 0.283. The van der Waals surface area contributed by atoms with Crippen molar-refractivity contribution in [1.82, 2.24) is 9.91 Å². The van der Waals surface area contributed by atoms with Crippen molar-refractivity contribution < 1.29 is 4.79 Å². The van der Waals surface area contributed by atoms with Gasteiger partial charge in [0.2, 0.25) is 0 Å². The average molecular weight is 468 g/mol. The van der Waals surface area contributed by atoms with Gasteiger partial charge in [0.15, 0.2) is 0 Å². The minimum absolute atomic E-state index is 0.0775. The zero-order valence-electron chi connectivity index (χ0n) is 18.0. The molecule has 2 unspecified atom stereocenters. The van der Waals surface area contributed by atoms with Crippen LogP contribution in [0.3, 0.4) is 0 Å². The molecule has 1 saturated heterocycles. The van der Waals surface area contributed by atoms with E-state index in [4.69, 9.17) is 28.3 Å². The van der Waals surface area contributed by atoms with E-state index in [0.717, 1.165) is 54.2 Å². The van der Waals surface area contributed by atoms with Crippen LogP contribution in [0.15, 0.2) is 59.2 Å². The Bertz CT molecular complexity index is 1040. The third kappa shape index (κ3) is 4.50. The molecule has 2 aliphatic heterocycles. The fourth-order valence-corrected chi connectivity index (χ4v) is 5.42. The van der Waals surface area contributed by atoms with Gasteiger partial charge in [0, 0.05) is 16.0 Å². The molecule has 3 aliphatic rings. The molecule has 4 nitrogen and oxygen atoms in total. The number of rotatable bonds is 4. The summed E-state index contributed by atoms with van der Waals surface area (Å²) in [6.07, 6.45) is 7.62. The lowest BCUT2D eigenvalue weighted by Crippen LogP contribution is -2.38. The van der Waals surface area contributed by atoms with E-state index < -0.39 is 0 Å². The Kier molecular flexibility index (Phi) is 6.36. The molecule has 1 saturated carbocycles. The van der Waals surface area contributed by atoms with Gasteiger partial charge in [-0.3, -0.25) is 9.69 Å². The molecule has 2 atom stereocenters. The number of carbonyl (C=O) groups excluding carboxylic acids is 1. The Balaban J connectivity index is 1.49. The third-order valence-electron chi connectivity index (χ3n) is 6.74. The first kappa shape index (κ1) is 21.7. The van der Waals surface area contributed by atoms with Crippen LogP contribution in [-0.2, 0) is 4.79 Å². The normalized spacial score (nSPS) is 24.6. The Morgan fingerprint density at radius 1 is 0.969 bits per heavy atom. The van der Waals surface area contributed by atoms with Crippen LogP contribution in [0.5, 0.6) is 0 Å². The molecule has 0 radical (unpaired) electrons. The summed E-state index contributed by atoms with van der Waals surface area (Å²) < 4.78 is 0. The zero-order chi connectivity index (χ0) is 22.1. The predicted molar refractivity (Wildman–Crippen MR) is 131 cm³/mol. The van der Waals surface area contributed by atoms with Crippen LogP contribution < -0.4 is 0 Å². The van der Waals surface area contributed by atoms with Gasteiger partial charge in [-0.25, -0.2) is 5.01 Å². The van der Waals surface area contributed by atoms with E-state index in [1.165, 1.54) is 18.4 Å². The van der Waals surface area contributed by atoms with Crippen molar-refractivity contribution in [1.29, 1.82) is 0 Å². The summed E-state index contributed by atoms with van der Waals surface area (Å²) in [4.78, 5) is 15.7. The Hall–Kier alpha value is -2.14. The molecule has 32 heavy (non-hydrogen) atoms. The fraction of sp³-hybridized carbons (Fsp3) is 0.385. The van der Waals surface area contributed by atoms with E-state index in [9.17, 15) is 4.79 Å². The Morgan fingerprint density at radius 3 is 2.31 bits per heavy atom. The summed E-state index contributed by atoms with van der Waals surface area (Å²) in [6.45, 7) is 2.42. The molecule has 2 aromatic rings. The van der Waals surface area contributed by atoms with Crippen LogP contribution >= 0.6 is 23.2 Å². The van der Waals surface area contributed by atoms with E-state index >= 15 is 0 Å². The van der Waals surface area contributed by atoms with E-state index in [2.05, 4.69) is 11.0 Å². The van der Waals surface area contributed by atoms with Crippen LogP contribution in [0.2, 0.25) is 10.0 Å². The maximum absolute atomic E-state index is 13.4. The van der Waals surface area contributed by atoms with Gasteiger partial charge in [-0.2, -0.15) is 5.10 Å². The highest BCUT2D eigenvalue weighted by Gasteiger charge is 2.43. The van der Waals surface area contributed by atoms with Crippen molar-refractivity contribution >= 4 is 40.9 Å². The first-order valence-corrected chi connectivity index (χ1v) is 12.2. The second-order valence-electron chi connectivity index (χ2n) is 8.92. The van der Waals surface area contributed by atoms with Gasteiger partial charge in [-0.15, -0.1) is 0 Å². The van der Waals surface area contributed by atoms with E-state index in [1.807, 2.05) is 48.5 Å². The smallest absolute Gasteiger partial charge is 0.257 e. The molecule has 166 valence electrons. The fourth-order valence-electron chi connectivity index (χ4n) is 5.16. The summed E-state index contributed by atoms with van der Waals surface area (Å²) in [5, 5.41) is 8.17. The number of allylic oxidation sites excluding steroid dienone is 1. The monoisotopic (exact) mass is 467 g/mol. The molecule has 0 aromatic heterocycles. The van der Waals surface area contributed by atoms with Crippen molar-refractivity contribution in [3.05, 3.63) is 75.3 Å². The topological polar surface area (TPSA) is 35.9 Å². The highest BCUT2D eigenvalue weighted by atomic mass is 35.5. The third-order valence-corrected chi connectivity index (χ3v) is 7.24. The average Bonchev–Trinajstić information content (AvgIpc) is 3.44. The van der Waals surface area contributed by atoms with E-state index in [-0.39, 0.29) is 17.9 Å².